The minimum Gasteiger partial charge on any atom is -0.370 e. The van der Waals surface area contributed by atoms with Crippen LogP contribution in [0.3, 0.4) is 0 Å². The van der Waals surface area contributed by atoms with E-state index in [9.17, 15) is 0 Å². The molecule has 1 aromatic heterocycles. The van der Waals surface area contributed by atoms with Crippen LogP contribution in [-0.2, 0) is 0 Å². The van der Waals surface area contributed by atoms with E-state index in [0.29, 0.717) is 0 Å². The number of halogens is 1. The summed E-state index contributed by atoms with van der Waals surface area (Å²) in [6.07, 6.45) is 2.94. The lowest BCUT2D eigenvalue weighted by atomic mass is 10.4. The summed E-state index contributed by atoms with van der Waals surface area (Å²) < 4.78 is 1.12. The zero-order chi connectivity index (χ0) is 12.8. The Labute approximate surface area is 120 Å². The molecule has 0 atom stereocenters. The van der Waals surface area contributed by atoms with Gasteiger partial charge in [0.05, 0.1) is 0 Å². The number of hydrogen-bond donors (Lipinski definition) is 1. The highest BCUT2D eigenvalue weighted by Crippen LogP contribution is 2.33. The zero-order valence-corrected chi connectivity index (χ0v) is 12.6. The third-order valence-corrected chi connectivity index (χ3v) is 4.37. The molecule has 0 radical (unpaired) electrons. The van der Waals surface area contributed by atoms with Crippen LogP contribution in [0.5, 0.6) is 0 Å². The summed E-state index contributed by atoms with van der Waals surface area (Å²) in [5, 5.41) is 3.30. The standard InChI is InChI=1S/C14H15BrN2S/c1-2-8-16-14-10-11(7-9-17-14)18-13-6-4-3-5-12(13)15/h3-7,9-10H,2,8H2,1H3,(H,16,17). The van der Waals surface area contributed by atoms with E-state index >= 15 is 0 Å². The second-order valence-electron chi connectivity index (χ2n) is 3.84. The third-order valence-electron chi connectivity index (χ3n) is 2.35. The van der Waals surface area contributed by atoms with Crippen molar-refractivity contribution in [2.75, 3.05) is 11.9 Å². The molecule has 18 heavy (non-hydrogen) atoms. The molecule has 1 N–H and O–H groups in total. The summed E-state index contributed by atoms with van der Waals surface area (Å²) in [5.41, 5.74) is 0. The van der Waals surface area contributed by atoms with E-state index in [1.54, 1.807) is 11.8 Å². The lowest BCUT2D eigenvalue weighted by Gasteiger charge is -2.07. The molecule has 0 aliphatic carbocycles. The van der Waals surface area contributed by atoms with Gasteiger partial charge in [-0.3, -0.25) is 0 Å². The Bertz CT molecular complexity index is 517. The van der Waals surface area contributed by atoms with Gasteiger partial charge in [-0.25, -0.2) is 4.98 Å². The number of nitrogens with zero attached hydrogens (tertiary/aromatic N) is 1. The quantitative estimate of drug-likeness (QED) is 0.854. The normalized spacial score (nSPS) is 10.3. The summed E-state index contributed by atoms with van der Waals surface area (Å²) >= 11 is 5.30. The van der Waals surface area contributed by atoms with Gasteiger partial charge in [0, 0.05) is 27.0 Å². The number of anilines is 1. The van der Waals surface area contributed by atoms with Crippen molar-refractivity contribution < 1.29 is 0 Å². The van der Waals surface area contributed by atoms with Gasteiger partial charge < -0.3 is 5.32 Å². The molecule has 0 saturated carbocycles. The third kappa shape index (κ3) is 3.75. The molecule has 1 aromatic carbocycles. The first-order valence-electron chi connectivity index (χ1n) is 5.92. The second-order valence-corrected chi connectivity index (χ2v) is 5.81. The molecule has 0 bridgehead atoms. The lowest BCUT2D eigenvalue weighted by Crippen LogP contribution is -2.01. The molecule has 94 valence electrons. The molecule has 1 heterocycles. The van der Waals surface area contributed by atoms with E-state index in [2.05, 4.69) is 51.4 Å². The minimum atomic E-state index is 0.939. The highest BCUT2D eigenvalue weighted by Gasteiger charge is 2.02. The predicted octanol–water partition coefficient (Wildman–Crippen LogP) is 4.82. The van der Waals surface area contributed by atoms with Crippen LogP contribution in [0.4, 0.5) is 5.82 Å². The summed E-state index contributed by atoms with van der Waals surface area (Å²) in [6, 6.07) is 12.3. The lowest BCUT2D eigenvalue weighted by molar-refractivity contribution is 0.967. The molecule has 0 amide bonds. The number of nitrogens with one attached hydrogen (secondary N) is 1. The molecule has 2 aromatic rings. The number of aromatic nitrogens is 1. The highest BCUT2D eigenvalue weighted by molar-refractivity contribution is 9.10. The molecule has 0 aliphatic heterocycles. The number of rotatable bonds is 5. The Morgan fingerprint density at radius 2 is 2.11 bits per heavy atom. The van der Waals surface area contributed by atoms with Crippen LogP contribution in [0.15, 0.2) is 56.9 Å². The van der Waals surface area contributed by atoms with E-state index in [1.165, 1.54) is 9.79 Å². The van der Waals surface area contributed by atoms with E-state index in [0.717, 1.165) is 23.3 Å². The SMILES string of the molecule is CCCNc1cc(Sc2ccccc2Br)ccn1. The molecule has 0 unspecified atom stereocenters. The van der Waals surface area contributed by atoms with Crippen molar-refractivity contribution in [3.05, 3.63) is 47.1 Å². The van der Waals surface area contributed by atoms with E-state index in [4.69, 9.17) is 0 Å². The first-order valence-corrected chi connectivity index (χ1v) is 7.53. The topological polar surface area (TPSA) is 24.9 Å². The fraction of sp³-hybridized carbons (Fsp3) is 0.214. The molecule has 0 fully saturated rings. The van der Waals surface area contributed by atoms with Crippen molar-refractivity contribution in [1.29, 1.82) is 0 Å². The summed E-state index contributed by atoms with van der Waals surface area (Å²) in [5.74, 6) is 0.939. The number of hydrogen-bond acceptors (Lipinski definition) is 3. The average Bonchev–Trinajstić information content (AvgIpc) is 2.40. The Morgan fingerprint density at radius 3 is 2.89 bits per heavy atom. The molecular formula is C14H15BrN2S. The molecule has 0 spiro atoms. The average molecular weight is 323 g/mol. The van der Waals surface area contributed by atoms with Crippen LogP contribution in [0.2, 0.25) is 0 Å². The van der Waals surface area contributed by atoms with Gasteiger partial charge in [-0.05, 0) is 46.6 Å². The van der Waals surface area contributed by atoms with E-state index < -0.39 is 0 Å². The van der Waals surface area contributed by atoms with Crippen molar-refractivity contribution in [3.8, 4) is 0 Å². The van der Waals surface area contributed by atoms with Crippen molar-refractivity contribution >= 4 is 33.5 Å². The first-order chi connectivity index (χ1) is 8.79. The van der Waals surface area contributed by atoms with Gasteiger partial charge >= 0.3 is 0 Å². The Kier molecular flexibility index (Phi) is 5.08. The summed E-state index contributed by atoms with van der Waals surface area (Å²) in [7, 11) is 0. The van der Waals surface area contributed by atoms with Gasteiger partial charge in [0.2, 0.25) is 0 Å². The van der Waals surface area contributed by atoms with Crippen LogP contribution in [0.1, 0.15) is 13.3 Å². The van der Waals surface area contributed by atoms with Crippen LogP contribution < -0.4 is 5.32 Å². The second kappa shape index (κ2) is 6.81. The number of benzene rings is 1. The Hall–Kier alpha value is -1.00. The van der Waals surface area contributed by atoms with E-state index in [-0.39, 0.29) is 0 Å². The Morgan fingerprint density at radius 1 is 1.28 bits per heavy atom. The van der Waals surface area contributed by atoms with Crippen LogP contribution >= 0.6 is 27.7 Å². The zero-order valence-electron chi connectivity index (χ0n) is 10.2. The molecular weight excluding hydrogens is 308 g/mol. The molecule has 4 heteroatoms. The molecule has 0 saturated heterocycles. The van der Waals surface area contributed by atoms with Gasteiger partial charge in [0.15, 0.2) is 0 Å². The predicted molar refractivity (Wildman–Crippen MR) is 81.3 cm³/mol. The van der Waals surface area contributed by atoms with Crippen molar-refractivity contribution in [3.63, 3.8) is 0 Å². The number of pyridine rings is 1. The van der Waals surface area contributed by atoms with Gasteiger partial charge in [0.25, 0.3) is 0 Å². The van der Waals surface area contributed by atoms with Crippen molar-refractivity contribution in [1.82, 2.24) is 4.98 Å². The molecule has 0 aliphatic rings. The molecule has 2 rings (SSSR count). The van der Waals surface area contributed by atoms with E-state index in [1.807, 2.05) is 24.4 Å². The fourth-order valence-electron chi connectivity index (χ4n) is 1.48. The molecule has 2 nitrogen and oxygen atoms in total. The van der Waals surface area contributed by atoms with Crippen LogP contribution in [0.25, 0.3) is 0 Å². The minimum absolute atomic E-state index is 0.939. The summed E-state index contributed by atoms with van der Waals surface area (Å²) in [4.78, 5) is 6.71. The van der Waals surface area contributed by atoms with Gasteiger partial charge in [-0.15, -0.1) is 0 Å². The monoisotopic (exact) mass is 322 g/mol. The fourth-order valence-corrected chi connectivity index (χ4v) is 2.87. The first kappa shape index (κ1) is 13.4. The van der Waals surface area contributed by atoms with Gasteiger partial charge in [-0.2, -0.15) is 0 Å². The van der Waals surface area contributed by atoms with Crippen molar-refractivity contribution in [2.45, 2.75) is 23.1 Å². The van der Waals surface area contributed by atoms with Gasteiger partial charge in [0.1, 0.15) is 5.82 Å². The largest absolute Gasteiger partial charge is 0.370 e. The van der Waals surface area contributed by atoms with Gasteiger partial charge in [-0.1, -0.05) is 30.8 Å². The van der Waals surface area contributed by atoms with Crippen LogP contribution in [0, 0.1) is 0 Å². The maximum Gasteiger partial charge on any atom is 0.127 e. The summed E-state index contributed by atoms with van der Waals surface area (Å²) in [6.45, 7) is 3.10. The maximum atomic E-state index is 4.30. The van der Waals surface area contributed by atoms with Crippen LogP contribution in [-0.4, -0.2) is 11.5 Å². The Balaban J connectivity index is 2.12. The maximum absolute atomic E-state index is 4.30. The smallest absolute Gasteiger partial charge is 0.127 e. The van der Waals surface area contributed by atoms with Crippen molar-refractivity contribution in [2.24, 2.45) is 0 Å². The highest BCUT2D eigenvalue weighted by atomic mass is 79.9.